The Morgan fingerprint density at radius 2 is 1.31 bits per heavy atom. The normalized spacial score (nSPS) is 15.7. The predicted molar refractivity (Wildman–Crippen MR) is 179 cm³/mol. The topological polar surface area (TPSA) is 0 Å². The number of hydrogen-bond donors (Lipinski definition) is 0. The van der Waals surface area contributed by atoms with Gasteiger partial charge in [0.1, 0.15) is 0 Å². The molecule has 0 nitrogen and oxygen atoms in total. The van der Waals surface area contributed by atoms with Crippen LogP contribution in [0.2, 0.25) is 0 Å². The molecule has 2 aromatic heterocycles. The van der Waals surface area contributed by atoms with Crippen LogP contribution in [0.4, 0.5) is 0 Å². The molecule has 0 fully saturated rings. The van der Waals surface area contributed by atoms with E-state index in [0.717, 1.165) is 0 Å². The summed E-state index contributed by atoms with van der Waals surface area (Å²) in [6.07, 6.45) is 29.0. The zero-order valence-electron chi connectivity index (χ0n) is 23.8. The van der Waals surface area contributed by atoms with Gasteiger partial charge < -0.3 is 0 Å². The Labute approximate surface area is 249 Å². The minimum absolute atomic E-state index is 0.573. The number of unbranched alkanes of at least 4 members (excludes halogenated alkanes) is 12. The van der Waals surface area contributed by atoms with Crippen LogP contribution in [0.5, 0.6) is 0 Å². The highest BCUT2D eigenvalue weighted by atomic mass is 32.2. The first kappa shape index (κ1) is 29.0. The highest BCUT2D eigenvalue weighted by Crippen LogP contribution is 2.55. The van der Waals surface area contributed by atoms with E-state index in [-0.39, 0.29) is 0 Å². The zero-order chi connectivity index (χ0) is 26.9. The number of benzene rings is 1. The molecule has 1 unspecified atom stereocenters. The van der Waals surface area contributed by atoms with E-state index < -0.39 is 0 Å². The maximum absolute atomic E-state index is 3.83. The first-order valence-electron chi connectivity index (χ1n) is 15.5. The second-order valence-electron chi connectivity index (χ2n) is 11.5. The van der Waals surface area contributed by atoms with E-state index in [9.17, 15) is 0 Å². The fraction of sp³-hybridized carbons (Fsp3) is 0.500. The lowest BCUT2D eigenvalue weighted by molar-refractivity contribution is 0.598. The molecule has 5 rings (SSSR count). The summed E-state index contributed by atoms with van der Waals surface area (Å²) in [5.41, 5.74) is 3.18. The zero-order valence-corrected chi connectivity index (χ0v) is 26.2. The fourth-order valence-electron chi connectivity index (χ4n) is 6.16. The minimum Gasteiger partial charge on any atom is -0.141 e. The van der Waals surface area contributed by atoms with E-state index >= 15 is 0 Å². The number of thiophene rings is 2. The molecule has 0 spiro atoms. The molecule has 0 radical (unpaired) electrons. The van der Waals surface area contributed by atoms with Crippen LogP contribution in [0, 0.1) is 0 Å². The SMILES string of the molecule is C=CCCCCCCCCc1cc2c(s1)C=C1Sc3cc4sc(CCCCCCCCC=C)cc4cc3C1C2. The van der Waals surface area contributed by atoms with Crippen molar-refractivity contribution in [3.05, 3.63) is 80.2 Å². The van der Waals surface area contributed by atoms with Gasteiger partial charge in [0.2, 0.25) is 0 Å². The van der Waals surface area contributed by atoms with Crippen molar-refractivity contribution in [1.29, 1.82) is 0 Å². The van der Waals surface area contributed by atoms with Crippen molar-refractivity contribution < 1.29 is 0 Å². The summed E-state index contributed by atoms with van der Waals surface area (Å²) in [4.78, 5) is 7.80. The molecule has 2 aliphatic rings. The van der Waals surface area contributed by atoms with Crippen LogP contribution in [-0.4, -0.2) is 0 Å². The average molecular weight is 575 g/mol. The second kappa shape index (κ2) is 14.9. The minimum atomic E-state index is 0.573. The molecule has 3 heterocycles. The number of hydrogen-bond acceptors (Lipinski definition) is 3. The Bertz CT molecular complexity index is 1270. The monoisotopic (exact) mass is 574 g/mol. The average Bonchev–Trinajstić information content (AvgIpc) is 3.62. The van der Waals surface area contributed by atoms with Crippen LogP contribution in [0.25, 0.3) is 16.2 Å². The molecule has 39 heavy (non-hydrogen) atoms. The van der Waals surface area contributed by atoms with Crippen molar-refractivity contribution in [3.63, 3.8) is 0 Å². The molecule has 1 aliphatic carbocycles. The van der Waals surface area contributed by atoms with Crippen molar-refractivity contribution in [2.24, 2.45) is 0 Å². The third-order valence-electron chi connectivity index (χ3n) is 8.40. The third-order valence-corrected chi connectivity index (χ3v) is 12.0. The molecule has 0 N–H and O–H groups in total. The van der Waals surface area contributed by atoms with Gasteiger partial charge in [0.25, 0.3) is 0 Å². The Morgan fingerprint density at radius 3 is 1.97 bits per heavy atom. The third kappa shape index (κ3) is 7.80. The van der Waals surface area contributed by atoms with Gasteiger partial charge in [-0.3, -0.25) is 0 Å². The smallest absolute Gasteiger partial charge is 0.0357 e. The van der Waals surface area contributed by atoms with E-state index in [2.05, 4.69) is 60.9 Å². The van der Waals surface area contributed by atoms with Gasteiger partial charge in [-0.15, -0.1) is 35.8 Å². The first-order valence-corrected chi connectivity index (χ1v) is 18.0. The maximum atomic E-state index is 3.83. The molecule has 3 heteroatoms. The van der Waals surface area contributed by atoms with Gasteiger partial charge in [0.05, 0.1) is 0 Å². The van der Waals surface area contributed by atoms with E-state index in [4.69, 9.17) is 0 Å². The molecule has 1 atom stereocenters. The van der Waals surface area contributed by atoms with Crippen LogP contribution in [0.15, 0.2) is 59.4 Å². The van der Waals surface area contributed by atoms with E-state index in [1.165, 1.54) is 129 Å². The van der Waals surface area contributed by atoms with E-state index in [1.807, 2.05) is 29.2 Å². The van der Waals surface area contributed by atoms with Crippen LogP contribution >= 0.6 is 34.4 Å². The second-order valence-corrected chi connectivity index (χ2v) is 15.0. The quantitative estimate of drug-likeness (QED) is 0.108. The van der Waals surface area contributed by atoms with Crippen LogP contribution in [0.1, 0.15) is 122 Å². The number of aryl methyl sites for hydroxylation is 2. The summed E-state index contributed by atoms with van der Waals surface area (Å²) in [5.74, 6) is 0.573. The summed E-state index contributed by atoms with van der Waals surface area (Å²) in [6.45, 7) is 7.65. The lowest BCUT2D eigenvalue weighted by Crippen LogP contribution is -2.04. The Morgan fingerprint density at radius 1 is 0.692 bits per heavy atom. The molecular weight excluding hydrogens is 529 g/mol. The van der Waals surface area contributed by atoms with Crippen molar-refractivity contribution >= 4 is 50.6 Å². The Hall–Kier alpha value is -1.55. The van der Waals surface area contributed by atoms with Crippen LogP contribution in [0.3, 0.4) is 0 Å². The number of rotatable bonds is 18. The van der Waals surface area contributed by atoms with Crippen molar-refractivity contribution in [2.45, 2.75) is 120 Å². The molecule has 1 aromatic carbocycles. The molecule has 0 bridgehead atoms. The van der Waals surface area contributed by atoms with Gasteiger partial charge in [-0.1, -0.05) is 75.3 Å². The predicted octanol–water partition coefficient (Wildman–Crippen LogP) is 12.7. The van der Waals surface area contributed by atoms with Gasteiger partial charge in [-0.05, 0) is 110 Å². The van der Waals surface area contributed by atoms with E-state index in [1.54, 1.807) is 25.8 Å². The summed E-state index contributed by atoms with van der Waals surface area (Å²) < 4.78 is 1.48. The molecular formula is C36H46S3. The molecule has 1 aliphatic heterocycles. The van der Waals surface area contributed by atoms with Crippen LogP contribution < -0.4 is 0 Å². The molecule has 208 valence electrons. The molecule has 0 saturated carbocycles. The van der Waals surface area contributed by atoms with Crippen molar-refractivity contribution in [1.82, 2.24) is 0 Å². The number of allylic oxidation sites excluding steroid dienone is 3. The lowest BCUT2D eigenvalue weighted by atomic mass is 9.87. The Kier molecular flexibility index (Phi) is 11.1. The van der Waals surface area contributed by atoms with Crippen molar-refractivity contribution in [2.75, 3.05) is 0 Å². The van der Waals surface area contributed by atoms with Gasteiger partial charge >= 0.3 is 0 Å². The van der Waals surface area contributed by atoms with Crippen molar-refractivity contribution in [3.8, 4) is 0 Å². The summed E-state index contributed by atoms with van der Waals surface area (Å²) in [7, 11) is 0. The first-order chi connectivity index (χ1) is 19.2. The van der Waals surface area contributed by atoms with Gasteiger partial charge in [-0.2, -0.15) is 0 Å². The number of thioether (sulfide) groups is 1. The van der Waals surface area contributed by atoms with Gasteiger partial charge in [0.15, 0.2) is 0 Å². The largest absolute Gasteiger partial charge is 0.141 e. The fourth-order valence-corrected chi connectivity index (χ4v) is 9.91. The Balaban J connectivity index is 1.11. The van der Waals surface area contributed by atoms with Gasteiger partial charge in [-0.25, -0.2) is 0 Å². The van der Waals surface area contributed by atoms with Gasteiger partial charge in [0, 0.05) is 30.1 Å². The summed E-state index contributed by atoms with van der Waals surface area (Å²) >= 11 is 6.13. The maximum Gasteiger partial charge on any atom is 0.0357 e. The lowest BCUT2D eigenvalue weighted by Gasteiger charge is -2.17. The molecule has 3 aromatic rings. The summed E-state index contributed by atoms with van der Waals surface area (Å²) in [6, 6.07) is 10.1. The number of fused-ring (bicyclic) bond motifs is 5. The summed E-state index contributed by atoms with van der Waals surface area (Å²) in [5, 5.41) is 1.47. The van der Waals surface area contributed by atoms with E-state index in [0.29, 0.717) is 5.92 Å². The molecule has 0 amide bonds. The molecule has 0 saturated heterocycles. The highest BCUT2D eigenvalue weighted by Gasteiger charge is 2.33. The van der Waals surface area contributed by atoms with Crippen LogP contribution in [-0.2, 0) is 19.3 Å². The standard InChI is InChI=1S/C36H46S3/c1-3-5-7-9-11-13-15-17-19-29-21-27-23-31-32-24-28-22-30(20-18-16-14-12-10-8-6-4-2)38-34(28)26-36(32)39-35(31)25-33(27)37-29/h3-4,21-23,25-26,32H,1-2,5-20,24H2. The highest BCUT2D eigenvalue weighted by molar-refractivity contribution is 8.03.